The molecule has 5 atom stereocenters. The van der Waals surface area contributed by atoms with Gasteiger partial charge in [0.1, 0.15) is 15.8 Å². The number of piperidine rings is 1. The van der Waals surface area contributed by atoms with Crippen LogP contribution in [-0.2, 0) is 19.2 Å². The second-order valence-corrected chi connectivity index (χ2v) is 9.48. The topological polar surface area (TPSA) is 141 Å². The van der Waals surface area contributed by atoms with Gasteiger partial charge < -0.3 is 4.74 Å². The van der Waals surface area contributed by atoms with E-state index in [-0.39, 0.29) is 17.7 Å². The Hall–Kier alpha value is -3.70. The second kappa shape index (κ2) is 9.31. The Labute approximate surface area is 222 Å². The average Bonchev–Trinajstić information content (AvgIpc) is 2.93. The number of Topliss-reactive ketones (excluding diaryl/α,β-unsaturated/α-hetero) is 2. The number of likely N-dealkylation sites (N-methyl/N-ethyl adjacent to an activating group) is 1. The normalized spacial score (nSPS) is 30.2. The lowest BCUT2D eigenvalue weighted by Gasteiger charge is -2.62. The van der Waals surface area contributed by atoms with Gasteiger partial charge in [-0.15, -0.1) is 0 Å². The van der Waals surface area contributed by atoms with Gasteiger partial charge >= 0.3 is 6.09 Å². The lowest BCUT2D eigenvalue weighted by Crippen LogP contribution is -2.78. The third kappa shape index (κ3) is 3.27. The number of hydrogen-bond acceptors (Lipinski definition) is 8. The SMILES string of the molecule is CCC1[C@@H]2C=C(C(=O)N(C)OC)[C@H](N1C(=O)Oc1ccccc1)[C@@]1(C#N)C(=O)C(Cl)=C(Cl)C(=O)[C@@]21C#N. The molecule has 2 aliphatic heterocycles. The first kappa shape index (κ1) is 26.4. The number of nitriles is 2. The predicted molar refractivity (Wildman–Crippen MR) is 128 cm³/mol. The van der Waals surface area contributed by atoms with E-state index in [1.807, 2.05) is 12.1 Å². The molecule has 10 nitrogen and oxygen atoms in total. The molecule has 1 aromatic carbocycles. The molecule has 2 amide bonds. The molecule has 37 heavy (non-hydrogen) atoms. The van der Waals surface area contributed by atoms with Gasteiger partial charge in [-0.1, -0.05) is 54.4 Å². The van der Waals surface area contributed by atoms with E-state index in [0.29, 0.717) is 0 Å². The van der Waals surface area contributed by atoms with Gasteiger partial charge in [-0.05, 0) is 18.6 Å². The van der Waals surface area contributed by atoms with Gasteiger partial charge in [-0.2, -0.15) is 10.5 Å². The fourth-order valence-electron chi connectivity index (χ4n) is 5.62. The molecule has 2 bridgehead atoms. The Bertz CT molecular complexity index is 1360. The quantitative estimate of drug-likeness (QED) is 0.528. The third-order valence-electron chi connectivity index (χ3n) is 7.28. The Morgan fingerprint density at radius 3 is 2.16 bits per heavy atom. The van der Waals surface area contributed by atoms with Crippen LogP contribution in [0.2, 0.25) is 0 Å². The predicted octanol–water partition coefficient (Wildman–Crippen LogP) is 3.09. The highest BCUT2D eigenvalue weighted by Crippen LogP contribution is 2.65. The number of carbonyl (C=O) groups excluding carboxylic acids is 4. The number of hydroxylamine groups is 2. The number of ether oxygens (including phenoxy) is 1. The minimum atomic E-state index is -2.59. The van der Waals surface area contributed by atoms with Crippen LogP contribution >= 0.6 is 23.2 Å². The van der Waals surface area contributed by atoms with Crippen LogP contribution < -0.4 is 4.74 Å². The summed E-state index contributed by atoms with van der Waals surface area (Å²) in [5.74, 6) is -4.06. The molecular weight excluding hydrogens is 523 g/mol. The maximum absolute atomic E-state index is 13.8. The van der Waals surface area contributed by atoms with E-state index < -0.39 is 62.5 Å². The number of halogens is 2. The van der Waals surface area contributed by atoms with Crippen LogP contribution in [0.25, 0.3) is 0 Å². The molecule has 1 unspecified atom stereocenters. The molecule has 0 N–H and O–H groups in total. The Morgan fingerprint density at radius 2 is 1.65 bits per heavy atom. The molecule has 1 aromatic rings. The maximum atomic E-state index is 13.8. The zero-order valence-corrected chi connectivity index (χ0v) is 21.4. The van der Waals surface area contributed by atoms with Crippen molar-refractivity contribution >= 4 is 46.8 Å². The average molecular weight is 543 g/mol. The van der Waals surface area contributed by atoms with Crippen LogP contribution in [0, 0.1) is 39.4 Å². The summed E-state index contributed by atoms with van der Waals surface area (Å²) in [7, 11) is 2.52. The summed E-state index contributed by atoms with van der Waals surface area (Å²) in [6.45, 7) is 1.70. The van der Waals surface area contributed by atoms with Gasteiger partial charge in [0.25, 0.3) is 5.91 Å². The Kier molecular flexibility index (Phi) is 6.63. The van der Waals surface area contributed by atoms with E-state index in [0.717, 1.165) is 9.96 Å². The minimum Gasteiger partial charge on any atom is -0.410 e. The van der Waals surface area contributed by atoms with Crippen molar-refractivity contribution in [1.82, 2.24) is 9.96 Å². The van der Waals surface area contributed by atoms with E-state index in [4.69, 9.17) is 32.8 Å². The Balaban J connectivity index is 2.05. The first-order valence-corrected chi connectivity index (χ1v) is 11.9. The zero-order valence-electron chi connectivity index (χ0n) is 19.9. The van der Waals surface area contributed by atoms with Crippen molar-refractivity contribution in [2.75, 3.05) is 14.2 Å². The van der Waals surface area contributed by atoms with E-state index in [9.17, 15) is 29.7 Å². The number of amides is 2. The first-order chi connectivity index (χ1) is 17.6. The molecule has 2 aliphatic carbocycles. The number of benzene rings is 1. The molecule has 5 rings (SSSR count). The molecule has 12 heteroatoms. The molecule has 4 aliphatic rings. The highest BCUT2D eigenvalue weighted by molar-refractivity contribution is 6.57. The highest BCUT2D eigenvalue weighted by Gasteiger charge is 2.80. The van der Waals surface area contributed by atoms with Gasteiger partial charge in [0.2, 0.25) is 5.78 Å². The molecule has 190 valence electrons. The van der Waals surface area contributed by atoms with Crippen LogP contribution in [0.1, 0.15) is 13.3 Å². The van der Waals surface area contributed by atoms with Crippen molar-refractivity contribution in [3.63, 3.8) is 0 Å². The van der Waals surface area contributed by atoms with Crippen LogP contribution in [0.5, 0.6) is 5.75 Å². The number of fused-ring (bicyclic) bond motifs is 1. The number of nitrogens with zero attached hydrogens (tertiary/aromatic N) is 4. The van der Waals surface area contributed by atoms with Crippen LogP contribution in [0.15, 0.2) is 52.0 Å². The molecule has 0 spiro atoms. The summed E-state index contributed by atoms with van der Waals surface area (Å²) in [4.78, 5) is 60.6. The lowest BCUT2D eigenvalue weighted by atomic mass is 9.42. The van der Waals surface area contributed by atoms with Gasteiger partial charge in [-0.3, -0.25) is 24.1 Å². The molecule has 0 saturated carbocycles. The zero-order chi connectivity index (χ0) is 27.3. The largest absolute Gasteiger partial charge is 0.416 e. The van der Waals surface area contributed by atoms with Gasteiger partial charge in [-0.25, -0.2) is 9.86 Å². The second-order valence-electron chi connectivity index (χ2n) is 8.73. The molecular formula is C25H20Cl2N4O6. The highest BCUT2D eigenvalue weighted by atomic mass is 35.5. The van der Waals surface area contributed by atoms with E-state index >= 15 is 0 Å². The smallest absolute Gasteiger partial charge is 0.410 e. The van der Waals surface area contributed by atoms with Crippen LogP contribution in [0.3, 0.4) is 0 Å². The fourth-order valence-corrected chi connectivity index (χ4v) is 6.09. The number of allylic oxidation sites excluding steroid dienone is 2. The van der Waals surface area contributed by atoms with E-state index in [1.54, 1.807) is 25.1 Å². The minimum absolute atomic E-state index is 0.166. The van der Waals surface area contributed by atoms with Crippen molar-refractivity contribution in [3.05, 3.63) is 52.0 Å². The lowest BCUT2D eigenvalue weighted by molar-refractivity contribution is -0.171. The molecule has 1 saturated heterocycles. The van der Waals surface area contributed by atoms with Gasteiger partial charge in [0.15, 0.2) is 16.6 Å². The van der Waals surface area contributed by atoms with E-state index in [2.05, 4.69) is 0 Å². The Morgan fingerprint density at radius 1 is 1.08 bits per heavy atom. The monoisotopic (exact) mass is 542 g/mol. The third-order valence-corrected chi connectivity index (χ3v) is 8.10. The summed E-state index contributed by atoms with van der Waals surface area (Å²) in [6, 6.07) is 9.14. The van der Waals surface area contributed by atoms with E-state index in [1.165, 1.54) is 32.4 Å². The van der Waals surface area contributed by atoms with Crippen molar-refractivity contribution in [2.45, 2.75) is 25.4 Å². The summed E-state index contributed by atoms with van der Waals surface area (Å²) < 4.78 is 5.54. The number of rotatable bonds is 4. The summed E-state index contributed by atoms with van der Waals surface area (Å²) in [5, 5.41) is 20.5. The van der Waals surface area contributed by atoms with Crippen molar-refractivity contribution in [3.8, 4) is 17.9 Å². The number of hydrogen-bond donors (Lipinski definition) is 0. The van der Waals surface area contributed by atoms with Crippen molar-refractivity contribution < 1.29 is 28.8 Å². The molecule has 1 fully saturated rings. The number of ketones is 2. The first-order valence-electron chi connectivity index (χ1n) is 11.1. The number of carbonyl (C=O) groups is 4. The fraction of sp³-hybridized carbons (Fsp3) is 0.360. The standard InChI is InChI=1S/C25H20Cl2N4O6/c1-4-16-15-10-14(22(34)30(2)36-3)19(31(16)23(35)37-13-8-6-5-7-9-13)25(12-29)21(33)18(27)17(26)20(32)24(15,25)11-28/h5-10,15-16,19H,4H2,1-3H3/t15-,16?,19-,24+,25-/m0/s1. The summed E-state index contributed by atoms with van der Waals surface area (Å²) >= 11 is 12.3. The van der Waals surface area contributed by atoms with Crippen LogP contribution in [-0.4, -0.2) is 59.8 Å². The molecule has 0 radical (unpaired) electrons. The maximum Gasteiger partial charge on any atom is 0.416 e. The van der Waals surface area contributed by atoms with Crippen molar-refractivity contribution in [1.29, 1.82) is 10.5 Å². The summed E-state index contributed by atoms with van der Waals surface area (Å²) in [6.07, 6.45) is 0.561. The number of para-hydroxylation sites is 1. The van der Waals surface area contributed by atoms with Crippen molar-refractivity contribution in [2.24, 2.45) is 16.7 Å². The molecule has 0 aromatic heterocycles. The van der Waals surface area contributed by atoms with Gasteiger partial charge in [0.05, 0.1) is 25.3 Å². The van der Waals surface area contributed by atoms with Crippen LogP contribution in [0.4, 0.5) is 4.79 Å². The molecule has 2 heterocycles. The van der Waals surface area contributed by atoms with Gasteiger partial charge in [0, 0.05) is 24.6 Å². The summed E-state index contributed by atoms with van der Waals surface area (Å²) in [5.41, 5.74) is -5.13.